The summed E-state index contributed by atoms with van der Waals surface area (Å²) in [4.78, 5) is 0. The molecule has 2 atom stereocenters. The third-order valence-electron chi connectivity index (χ3n) is 3.25. The lowest BCUT2D eigenvalue weighted by Crippen LogP contribution is -2.37. The Bertz CT molecular complexity index is 331. The zero-order valence-corrected chi connectivity index (χ0v) is 10.4. The van der Waals surface area contributed by atoms with Crippen LogP contribution in [0.1, 0.15) is 25.3 Å². The van der Waals surface area contributed by atoms with Crippen LogP contribution in [0.4, 0.5) is 0 Å². The summed E-state index contributed by atoms with van der Waals surface area (Å²) < 4.78 is 5.34. The fraction of sp³-hybridized carbons (Fsp3) is 0.571. The van der Waals surface area contributed by atoms with Crippen LogP contribution < -0.4 is 5.32 Å². The van der Waals surface area contributed by atoms with Gasteiger partial charge in [-0.2, -0.15) is 0 Å². The third-order valence-corrected chi connectivity index (χ3v) is 3.25. The van der Waals surface area contributed by atoms with Crippen molar-refractivity contribution in [3.05, 3.63) is 29.8 Å². The lowest BCUT2D eigenvalue weighted by molar-refractivity contribution is 0.188. The van der Waals surface area contributed by atoms with Crippen molar-refractivity contribution in [2.24, 2.45) is 0 Å². The number of aryl methyl sites for hydroxylation is 1. The molecule has 1 saturated heterocycles. The Kier molecular flexibility index (Phi) is 4.40. The Morgan fingerprint density at radius 3 is 2.82 bits per heavy atom. The molecule has 94 valence electrons. The lowest BCUT2D eigenvalue weighted by Gasteiger charge is -2.18. The Labute approximate surface area is 103 Å². The van der Waals surface area contributed by atoms with E-state index in [9.17, 15) is 5.11 Å². The van der Waals surface area contributed by atoms with Crippen LogP contribution in [0.2, 0.25) is 0 Å². The average molecular weight is 235 g/mol. The number of aromatic hydroxyl groups is 1. The second kappa shape index (κ2) is 6.03. The fourth-order valence-corrected chi connectivity index (χ4v) is 2.20. The minimum atomic E-state index is 0.336. The summed E-state index contributed by atoms with van der Waals surface area (Å²) in [5, 5.41) is 12.8. The molecule has 3 nitrogen and oxygen atoms in total. The van der Waals surface area contributed by atoms with E-state index in [-0.39, 0.29) is 0 Å². The summed E-state index contributed by atoms with van der Waals surface area (Å²) in [5.41, 5.74) is 1.28. The number of benzene rings is 1. The molecule has 1 aliphatic heterocycles. The topological polar surface area (TPSA) is 41.5 Å². The summed E-state index contributed by atoms with van der Waals surface area (Å²) in [7, 11) is 0. The molecule has 1 aromatic rings. The molecule has 3 heteroatoms. The van der Waals surface area contributed by atoms with E-state index in [1.54, 1.807) is 12.1 Å². The van der Waals surface area contributed by atoms with Crippen molar-refractivity contribution in [3.8, 4) is 5.75 Å². The molecule has 1 aliphatic rings. The van der Waals surface area contributed by atoms with E-state index in [0.717, 1.165) is 32.5 Å². The number of nitrogens with one attached hydrogen (secondary N) is 1. The Hall–Kier alpha value is -1.06. The van der Waals surface area contributed by atoms with Gasteiger partial charge >= 0.3 is 0 Å². The van der Waals surface area contributed by atoms with E-state index >= 15 is 0 Å². The molecule has 0 saturated carbocycles. The number of ether oxygens (including phenoxy) is 1. The van der Waals surface area contributed by atoms with E-state index in [2.05, 4.69) is 12.2 Å². The van der Waals surface area contributed by atoms with Crippen molar-refractivity contribution in [1.29, 1.82) is 0 Å². The first-order chi connectivity index (χ1) is 8.24. The van der Waals surface area contributed by atoms with E-state index < -0.39 is 0 Å². The predicted octanol–water partition coefficient (Wildman–Crippen LogP) is 2.09. The molecule has 1 heterocycles. The van der Waals surface area contributed by atoms with Crippen molar-refractivity contribution in [2.45, 2.75) is 38.3 Å². The van der Waals surface area contributed by atoms with Gasteiger partial charge < -0.3 is 15.2 Å². The van der Waals surface area contributed by atoms with Crippen molar-refractivity contribution in [2.75, 3.05) is 13.2 Å². The van der Waals surface area contributed by atoms with Crippen molar-refractivity contribution >= 4 is 0 Å². The molecular formula is C14H21NO2. The summed E-state index contributed by atoms with van der Waals surface area (Å²) >= 11 is 0. The molecule has 1 aromatic carbocycles. The van der Waals surface area contributed by atoms with E-state index in [0.29, 0.717) is 17.8 Å². The summed E-state index contributed by atoms with van der Waals surface area (Å²) in [5.74, 6) is 0.336. The molecule has 0 aliphatic carbocycles. The Morgan fingerprint density at radius 2 is 2.18 bits per heavy atom. The smallest absolute Gasteiger partial charge is 0.115 e. The highest BCUT2D eigenvalue weighted by Crippen LogP contribution is 2.12. The average Bonchev–Trinajstić information content (AvgIpc) is 2.81. The van der Waals surface area contributed by atoms with Crippen LogP contribution in [0.3, 0.4) is 0 Å². The van der Waals surface area contributed by atoms with Gasteiger partial charge in [0, 0.05) is 18.7 Å². The van der Waals surface area contributed by atoms with Crippen LogP contribution in [0.5, 0.6) is 5.75 Å². The van der Waals surface area contributed by atoms with Gasteiger partial charge in [-0.15, -0.1) is 0 Å². The maximum Gasteiger partial charge on any atom is 0.115 e. The Morgan fingerprint density at radius 1 is 1.41 bits per heavy atom. The molecule has 2 unspecified atom stereocenters. The fourth-order valence-electron chi connectivity index (χ4n) is 2.20. The first-order valence-corrected chi connectivity index (χ1v) is 6.36. The summed E-state index contributed by atoms with van der Waals surface area (Å²) in [6.07, 6.45) is 3.28. The van der Waals surface area contributed by atoms with E-state index in [1.165, 1.54) is 5.56 Å². The number of hydrogen-bond donors (Lipinski definition) is 2. The summed E-state index contributed by atoms with van der Waals surface area (Å²) in [6, 6.07) is 8.51. The van der Waals surface area contributed by atoms with Gasteiger partial charge in [-0.1, -0.05) is 12.1 Å². The van der Waals surface area contributed by atoms with Crippen LogP contribution in [0.25, 0.3) is 0 Å². The minimum Gasteiger partial charge on any atom is -0.508 e. The van der Waals surface area contributed by atoms with Crippen LogP contribution in [-0.2, 0) is 11.2 Å². The number of hydrogen-bond acceptors (Lipinski definition) is 3. The van der Waals surface area contributed by atoms with Gasteiger partial charge in [0.1, 0.15) is 5.75 Å². The zero-order valence-electron chi connectivity index (χ0n) is 10.4. The van der Waals surface area contributed by atoms with Crippen molar-refractivity contribution < 1.29 is 9.84 Å². The molecule has 2 N–H and O–H groups in total. The quantitative estimate of drug-likeness (QED) is 0.821. The maximum atomic E-state index is 9.20. The summed E-state index contributed by atoms with van der Waals surface area (Å²) in [6.45, 7) is 3.96. The molecular weight excluding hydrogens is 214 g/mol. The minimum absolute atomic E-state index is 0.336. The van der Waals surface area contributed by atoms with Gasteiger partial charge in [0.05, 0.1) is 6.61 Å². The molecule has 2 rings (SSSR count). The van der Waals surface area contributed by atoms with Gasteiger partial charge in [-0.25, -0.2) is 0 Å². The van der Waals surface area contributed by atoms with E-state index in [4.69, 9.17) is 4.74 Å². The molecule has 1 fully saturated rings. The molecule has 0 radical (unpaired) electrons. The molecule has 0 bridgehead atoms. The molecule has 17 heavy (non-hydrogen) atoms. The highest BCUT2D eigenvalue weighted by Gasteiger charge is 2.17. The van der Waals surface area contributed by atoms with Crippen LogP contribution in [0, 0.1) is 0 Å². The van der Waals surface area contributed by atoms with Crippen molar-refractivity contribution in [1.82, 2.24) is 5.32 Å². The van der Waals surface area contributed by atoms with Gasteiger partial charge in [-0.3, -0.25) is 0 Å². The first kappa shape index (κ1) is 12.4. The maximum absolute atomic E-state index is 9.20. The van der Waals surface area contributed by atoms with Crippen LogP contribution in [0.15, 0.2) is 24.3 Å². The van der Waals surface area contributed by atoms with Crippen LogP contribution in [-0.4, -0.2) is 30.4 Å². The monoisotopic (exact) mass is 235 g/mol. The first-order valence-electron chi connectivity index (χ1n) is 6.36. The van der Waals surface area contributed by atoms with Gasteiger partial charge in [0.2, 0.25) is 0 Å². The molecule has 0 amide bonds. The highest BCUT2D eigenvalue weighted by atomic mass is 16.5. The zero-order chi connectivity index (χ0) is 12.1. The van der Waals surface area contributed by atoms with Gasteiger partial charge in [0.15, 0.2) is 0 Å². The second-order valence-electron chi connectivity index (χ2n) is 4.83. The van der Waals surface area contributed by atoms with Gasteiger partial charge in [0.25, 0.3) is 0 Å². The third kappa shape index (κ3) is 4.02. The molecule has 0 aromatic heterocycles. The lowest BCUT2D eigenvalue weighted by atomic mass is 10.1. The standard InChI is InChI=1S/C14H21NO2/c1-11(15-13-8-9-17-10-13)2-3-12-4-6-14(16)7-5-12/h4-7,11,13,15-16H,2-3,8-10H2,1H3. The largest absolute Gasteiger partial charge is 0.508 e. The number of phenols is 1. The number of rotatable bonds is 5. The Balaban J connectivity index is 1.71. The SMILES string of the molecule is CC(CCc1ccc(O)cc1)NC1CCOC1. The molecule has 0 spiro atoms. The number of phenolic OH excluding ortho intramolecular Hbond substituents is 1. The van der Waals surface area contributed by atoms with E-state index in [1.807, 2.05) is 12.1 Å². The highest BCUT2D eigenvalue weighted by molar-refractivity contribution is 5.25. The predicted molar refractivity (Wildman–Crippen MR) is 68.2 cm³/mol. The van der Waals surface area contributed by atoms with Crippen LogP contribution >= 0.6 is 0 Å². The normalized spacial score (nSPS) is 21.6. The van der Waals surface area contributed by atoms with Gasteiger partial charge in [-0.05, 0) is 43.9 Å². The second-order valence-corrected chi connectivity index (χ2v) is 4.83. The van der Waals surface area contributed by atoms with Crippen molar-refractivity contribution in [3.63, 3.8) is 0 Å².